The second-order valence-electron chi connectivity index (χ2n) is 4.49. The van der Waals surface area contributed by atoms with E-state index in [1.165, 1.54) is 0 Å². The van der Waals surface area contributed by atoms with E-state index in [0.717, 1.165) is 6.42 Å². The third-order valence-electron chi connectivity index (χ3n) is 3.03. The summed E-state index contributed by atoms with van der Waals surface area (Å²) >= 11 is 0. The van der Waals surface area contributed by atoms with Crippen molar-refractivity contribution in [2.75, 3.05) is 13.1 Å². The maximum absolute atomic E-state index is 12.5. The fourth-order valence-corrected chi connectivity index (χ4v) is 2.13. The predicted octanol–water partition coefficient (Wildman–Crippen LogP) is 1.96. The molecule has 0 fully saturated rings. The van der Waals surface area contributed by atoms with Crippen molar-refractivity contribution < 1.29 is 4.79 Å². The van der Waals surface area contributed by atoms with Gasteiger partial charge in [0.2, 0.25) is 0 Å². The van der Waals surface area contributed by atoms with E-state index in [0.29, 0.717) is 23.9 Å². The van der Waals surface area contributed by atoms with Crippen LogP contribution in [0.3, 0.4) is 0 Å². The van der Waals surface area contributed by atoms with Gasteiger partial charge in [-0.2, -0.15) is 5.10 Å². The summed E-state index contributed by atoms with van der Waals surface area (Å²) in [5, 5.41) is 7.36. The summed E-state index contributed by atoms with van der Waals surface area (Å²) < 4.78 is 0. The lowest BCUT2D eigenvalue weighted by atomic mass is 10.1. The van der Waals surface area contributed by atoms with Gasteiger partial charge in [0.25, 0.3) is 11.5 Å². The number of fused-ring (bicyclic) bond motifs is 1. The van der Waals surface area contributed by atoms with Gasteiger partial charge in [-0.25, -0.2) is 5.10 Å². The largest absolute Gasteiger partial charge is 0.334 e. The van der Waals surface area contributed by atoms with Gasteiger partial charge < -0.3 is 4.90 Å². The molecule has 104 valence electrons. The van der Waals surface area contributed by atoms with Crippen molar-refractivity contribution in [2.45, 2.75) is 13.3 Å². The molecule has 1 aromatic carbocycles. The maximum atomic E-state index is 12.5. The summed E-state index contributed by atoms with van der Waals surface area (Å²) in [5.74, 6) is -0.195. The number of benzene rings is 1. The Balaban J connectivity index is 2.51. The zero-order valence-electron chi connectivity index (χ0n) is 11.4. The Morgan fingerprint density at radius 1 is 1.40 bits per heavy atom. The van der Waals surface area contributed by atoms with Gasteiger partial charge in [-0.05, 0) is 12.5 Å². The summed E-state index contributed by atoms with van der Waals surface area (Å²) in [7, 11) is 0. The summed E-state index contributed by atoms with van der Waals surface area (Å²) in [6.45, 7) is 6.75. The fourth-order valence-electron chi connectivity index (χ4n) is 2.13. The Labute approximate surface area is 116 Å². The second kappa shape index (κ2) is 6.14. The van der Waals surface area contributed by atoms with Crippen molar-refractivity contribution in [3.63, 3.8) is 0 Å². The van der Waals surface area contributed by atoms with Crippen LogP contribution in [0.1, 0.15) is 23.8 Å². The van der Waals surface area contributed by atoms with Crippen LogP contribution in [0, 0.1) is 0 Å². The van der Waals surface area contributed by atoms with Crippen LogP contribution >= 0.6 is 0 Å². The van der Waals surface area contributed by atoms with Crippen LogP contribution in [0.25, 0.3) is 10.8 Å². The molecule has 0 saturated heterocycles. The van der Waals surface area contributed by atoms with Crippen molar-refractivity contribution in [3.8, 4) is 0 Å². The van der Waals surface area contributed by atoms with Crippen molar-refractivity contribution in [1.82, 2.24) is 15.1 Å². The molecular formula is C15H17N3O2. The first-order valence-corrected chi connectivity index (χ1v) is 6.56. The summed E-state index contributed by atoms with van der Waals surface area (Å²) in [6, 6.07) is 6.98. The van der Waals surface area contributed by atoms with E-state index in [1.54, 1.807) is 35.2 Å². The number of nitrogens with zero attached hydrogens (tertiary/aromatic N) is 2. The molecule has 0 atom stereocenters. The van der Waals surface area contributed by atoms with Gasteiger partial charge in [0.1, 0.15) is 0 Å². The molecule has 0 spiro atoms. The van der Waals surface area contributed by atoms with E-state index in [-0.39, 0.29) is 17.2 Å². The highest BCUT2D eigenvalue weighted by Crippen LogP contribution is 2.14. The first kappa shape index (κ1) is 14.0. The first-order chi connectivity index (χ1) is 9.69. The van der Waals surface area contributed by atoms with E-state index >= 15 is 0 Å². The normalized spacial score (nSPS) is 10.4. The molecule has 5 nitrogen and oxygen atoms in total. The minimum absolute atomic E-state index is 0.195. The second-order valence-corrected chi connectivity index (χ2v) is 4.49. The van der Waals surface area contributed by atoms with E-state index in [9.17, 15) is 9.59 Å². The topological polar surface area (TPSA) is 66.1 Å². The van der Waals surface area contributed by atoms with Gasteiger partial charge in [0.05, 0.1) is 5.39 Å². The molecule has 0 saturated carbocycles. The molecule has 1 N–H and O–H groups in total. The maximum Gasteiger partial charge on any atom is 0.275 e. The number of hydrogen-bond acceptors (Lipinski definition) is 3. The number of rotatable bonds is 5. The highest BCUT2D eigenvalue weighted by molar-refractivity contribution is 6.04. The summed E-state index contributed by atoms with van der Waals surface area (Å²) in [6.07, 6.45) is 2.53. The molecule has 20 heavy (non-hydrogen) atoms. The average molecular weight is 271 g/mol. The molecule has 0 bridgehead atoms. The molecule has 0 aliphatic carbocycles. The molecule has 1 heterocycles. The lowest BCUT2D eigenvalue weighted by Gasteiger charge is -2.20. The molecule has 2 aromatic rings. The van der Waals surface area contributed by atoms with E-state index in [2.05, 4.69) is 16.8 Å². The SMILES string of the molecule is C=CCN(CCC)C(=O)c1n[nH]c(=O)c2ccccc12. The minimum atomic E-state index is -0.289. The lowest BCUT2D eigenvalue weighted by Crippen LogP contribution is -2.33. The van der Waals surface area contributed by atoms with Crippen LogP contribution in [0.2, 0.25) is 0 Å². The monoisotopic (exact) mass is 271 g/mol. The Kier molecular flexibility index (Phi) is 4.30. The Hall–Kier alpha value is -2.43. The smallest absolute Gasteiger partial charge is 0.275 e. The molecule has 0 aliphatic heterocycles. The molecule has 0 radical (unpaired) electrons. The number of hydrogen-bond donors (Lipinski definition) is 1. The standard InChI is InChI=1S/C15H17N3O2/c1-3-9-18(10-4-2)15(20)13-11-7-5-6-8-12(11)14(19)17-16-13/h3,5-8H,1,4,9-10H2,2H3,(H,17,19). The highest BCUT2D eigenvalue weighted by atomic mass is 16.2. The zero-order chi connectivity index (χ0) is 14.5. The third kappa shape index (κ3) is 2.61. The Morgan fingerprint density at radius 3 is 2.75 bits per heavy atom. The molecule has 5 heteroatoms. The van der Waals surface area contributed by atoms with Gasteiger partial charge in [-0.3, -0.25) is 9.59 Å². The van der Waals surface area contributed by atoms with Gasteiger partial charge in [0.15, 0.2) is 5.69 Å². The number of carbonyl (C=O) groups is 1. The number of aromatic amines is 1. The molecule has 2 rings (SSSR count). The third-order valence-corrected chi connectivity index (χ3v) is 3.03. The quantitative estimate of drug-likeness (QED) is 0.845. The predicted molar refractivity (Wildman–Crippen MR) is 78.8 cm³/mol. The molecule has 1 aromatic heterocycles. The van der Waals surface area contributed by atoms with Crippen LogP contribution < -0.4 is 5.56 Å². The van der Waals surface area contributed by atoms with E-state index in [1.807, 2.05) is 6.92 Å². The Morgan fingerprint density at radius 2 is 2.10 bits per heavy atom. The minimum Gasteiger partial charge on any atom is -0.334 e. The summed E-state index contributed by atoms with van der Waals surface area (Å²) in [5.41, 5.74) is -0.0154. The molecule has 0 aliphatic rings. The summed E-state index contributed by atoms with van der Waals surface area (Å²) in [4.78, 5) is 25.9. The number of nitrogens with one attached hydrogen (secondary N) is 1. The molecular weight excluding hydrogens is 254 g/mol. The lowest BCUT2D eigenvalue weighted by molar-refractivity contribution is 0.0769. The number of carbonyl (C=O) groups excluding carboxylic acids is 1. The number of aromatic nitrogens is 2. The zero-order valence-corrected chi connectivity index (χ0v) is 11.4. The van der Waals surface area contributed by atoms with Crippen LogP contribution in [-0.2, 0) is 0 Å². The van der Waals surface area contributed by atoms with Crippen molar-refractivity contribution >= 4 is 16.7 Å². The van der Waals surface area contributed by atoms with Gasteiger partial charge >= 0.3 is 0 Å². The average Bonchev–Trinajstić information content (AvgIpc) is 2.47. The number of H-pyrrole nitrogens is 1. The van der Waals surface area contributed by atoms with E-state index in [4.69, 9.17) is 0 Å². The van der Waals surface area contributed by atoms with E-state index < -0.39 is 0 Å². The van der Waals surface area contributed by atoms with Gasteiger partial charge in [0, 0.05) is 18.5 Å². The highest BCUT2D eigenvalue weighted by Gasteiger charge is 2.19. The fraction of sp³-hybridized carbons (Fsp3) is 0.267. The van der Waals surface area contributed by atoms with Crippen molar-refractivity contribution in [2.24, 2.45) is 0 Å². The Bertz CT molecular complexity index is 691. The van der Waals surface area contributed by atoms with Crippen LogP contribution in [0.5, 0.6) is 0 Å². The molecule has 1 amide bonds. The van der Waals surface area contributed by atoms with Gasteiger partial charge in [-0.15, -0.1) is 6.58 Å². The van der Waals surface area contributed by atoms with Crippen molar-refractivity contribution in [1.29, 1.82) is 0 Å². The van der Waals surface area contributed by atoms with Gasteiger partial charge in [-0.1, -0.05) is 31.2 Å². The molecule has 0 unspecified atom stereocenters. The first-order valence-electron chi connectivity index (χ1n) is 6.56. The van der Waals surface area contributed by atoms with Crippen LogP contribution in [0.15, 0.2) is 41.7 Å². The van der Waals surface area contributed by atoms with Crippen LogP contribution in [-0.4, -0.2) is 34.1 Å². The number of amides is 1. The van der Waals surface area contributed by atoms with Crippen LogP contribution in [0.4, 0.5) is 0 Å². The van der Waals surface area contributed by atoms with Crippen molar-refractivity contribution in [3.05, 3.63) is 53.0 Å².